The van der Waals surface area contributed by atoms with Gasteiger partial charge in [0.25, 0.3) is 0 Å². The van der Waals surface area contributed by atoms with Crippen LogP contribution in [0.1, 0.15) is 25.6 Å². The number of hydrogen-bond donors (Lipinski definition) is 0. The second-order valence-corrected chi connectivity index (χ2v) is 5.05. The minimum atomic E-state index is 0.357. The number of nitrogens with zero attached hydrogens (tertiary/aromatic N) is 2. The molecular formula is C17H17N2O. The molecule has 0 aliphatic rings. The molecule has 0 atom stereocenters. The van der Waals surface area contributed by atoms with E-state index in [-0.39, 0.29) is 0 Å². The van der Waals surface area contributed by atoms with Crippen molar-refractivity contribution in [3.63, 3.8) is 0 Å². The summed E-state index contributed by atoms with van der Waals surface area (Å²) in [5.74, 6) is 2.25. The SMILES string of the molecule is CC(C)c1nc2ccccc2n1COc1cc[c]cc1. The molecule has 0 aliphatic heterocycles. The van der Waals surface area contributed by atoms with Crippen molar-refractivity contribution in [3.8, 4) is 5.75 Å². The zero-order valence-electron chi connectivity index (χ0n) is 11.7. The predicted octanol–water partition coefficient (Wildman–Crippen LogP) is 4.00. The lowest BCUT2D eigenvalue weighted by atomic mass is 10.2. The van der Waals surface area contributed by atoms with Crippen molar-refractivity contribution in [1.29, 1.82) is 0 Å². The first-order valence-corrected chi connectivity index (χ1v) is 6.80. The standard InChI is InChI=1S/C17H17N2O/c1-13(2)17-18-15-10-6-7-11-16(15)19(17)12-20-14-8-4-3-5-9-14/h4-11,13H,12H2,1-2H3. The highest BCUT2D eigenvalue weighted by atomic mass is 16.5. The second kappa shape index (κ2) is 5.37. The van der Waals surface area contributed by atoms with Gasteiger partial charge in [0.15, 0.2) is 6.73 Å². The van der Waals surface area contributed by atoms with Gasteiger partial charge in [0.2, 0.25) is 0 Å². The van der Waals surface area contributed by atoms with E-state index in [1.807, 2.05) is 42.5 Å². The summed E-state index contributed by atoms with van der Waals surface area (Å²) in [6.45, 7) is 4.77. The van der Waals surface area contributed by atoms with Crippen LogP contribution in [0.2, 0.25) is 0 Å². The summed E-state index contributed by atoms with van der Waals surface area (Å²) < 4.78 is 7.99. The first kappa shape index (κ1) is 12.7. The number of aromatic nitrogens is 2. The molecule has 3 rings (SSSR count). The molecule has 0 fully saturated rings. The highest BCUT2D eigenvalue weighted by Crippen LogP contribution is 2.22. The molecule has 2 aromatic carbocycles. The monoisotopic (exact) mass is 265 g/mol. The summed E-state index contributed by atoms with van der Waals surface area (Å²) in [7, 11) is 0. The van der Waals surface area contributed by atoms with E-state index >= 15 is 0 Å². The van der Waals surface area contributed by atoms with E-state index in [1.54, 1.807) is 0 Å². The highest BCUT2D eigenvalue weighted by Gasteiger charge is 2.13. The van der Waals surface area contributed by atoms with Crippen LogP contribution in [0, 0.1) is 6.07 Å². The van der Waals surface area contributed by atoms with Gasteiger partial charge in [-0.05, 0) is 30.3 Å². The molecule has 3 nitrogen and oxygen atoms in total. The number of benzene rings is 2. The van der Waals surface area contributed by atoms with Crippen LogP contribution < -0.4 is 4.74 Å². The van der Waals surface area contributed by atoms with E-state index in [4.69, 9.17) is 9.72 Å². The zero-order chi connectivity index (χ0) is 13.9. The number of rotatable bonds is 4. The lowest BCUT2D eigenvalue weighted by Crippen LogP contribution is -2.10. The van der Waals surface area contributed by atoms with Crippen molar-refractivity contribution in [3.05, 3.63) is 60.4 Å². The molecule has 0 spiro atoms. The predicted molar refractivity (Wildman–Crippen MR) is 79.7 cm³/mol. The Morgan fingerprint density at radius 1 is 1.15 bits per heavy atom. The Kier molecular flexibility index (Phi) is 3.42. The summed E-state index contributed by atoms with van der Waals surface area (Å²) in [6.07, 6.45) is 0. The Bertz CT molecular complexity index is 701. The van der Waals surface area contributed by atoms with Gasteiger partial charge in [-0.2, -0.15) is 0 Å². The van der Waals surface area contributed by atoms with Crippen LogP contribution in [0.5, 0.6) is 5.75 Å². The Labute approximate surface area is 118 Å². The van der Waals surface area contributed by atoms with Crippen LogP contribution in [0.4, 0.5) is 0 Å². The molecule has 3 aromatic rings. The van der Waals surface area contributed by atoms with Gasteiger partial charge in [-0.3, -0.25) is 4.57 Å². The van der Waals surface area contributed by atoms with Gasteiger partial charge < -0.3 is 4.74 Å². The average molecular weight is 265 g/mol. The molecule has 0 saturated heterocycles. The van der Waals surface area contributed by atoms with E-state index < -0.39 is 0 Å². The number of para-hydroxylation sites is 2. The maximum absolute atomic E-state index is 5.85. The Morgan fingerprint density at radius 2 is 1.90 bits per heavy atom. The van der Waals surface area contributed by atoms with Crippen LogP contribution in [-0.4, -0.2) is 9.55 Å². The third kappa shape index (κ3) is 2.39. The van der Waals surface area contributed by atoms with Crippen LogP contribution in [-0.2, 0) is 6.73 Å². The third-order valence-corrected chi connectivity index (χ3v) is 3.25. The summed E-state index contributed by atoms with van der Waals surface area (Å²) >= 11 is 0. The maximum Gasteiger partial charge on any atom is 0.166 e. The number of fused-ring (bicyclic) bond motifs is 1. The number of imidazole rings is 1. The van der Waals surface area contributed by atoms with Gasteiger partial charge in [0, 0.05) is 5.92 Å². The molecule has 0 bridgehead atoms. The molecule has 1 aromatic heterocycles. The van der Waals surface area contributed by atoms with E-state index in [9.17, 15) is 0 Å². The Balaban J connectivity index is 1.95. The fourth-order valence-corrected chi connectivity index (χ4v) is 2.28. The molecule has 0 N–H and O–H groups in total. The lowest BCUT2D eigenvalue weighted by Gasteiger charge is -2.12. The number of ether oxygens (including phenoxy) is 1. The Morgan fingerprint density at radius 3 is 2.65 bits per heavy atom. The first-order chi connectivity index (χ1) is 9.75. The molecule has 3 heteroatoms. The largest absolute Gasteiger partial charge is 0.473 e. The molecule has 0 aliphatic carbocycles. The van der Waals surface area contributed by atoms with Crippen molar-refractivity contribution in [2.75, 3.05) is 0 Å². The number of hydrogen-bond acceptors (Lipinski definition) is 2. The average Bonchev–Trinajstić information content (AvgIpc) is 2.85. The third-order valence-electron chi connectivity index (χ3n) is 3.25. The molecule has 1 heterocycles. The van der Waals surface area contributed by atoms with Crippen molar-refractivity contribution >= 4 is 11.0 Å². The fourth-order valence-electron chi connectivity index (χ4n) is 2.28. The molecule has 20 heavy (non-hydrogen) atoms. The fraction of sp³-hybridized carbons (Fsp3) is 0.235. The van der Waals surface area contributed by atoms with Gasteiger partial charge in [0.1, 0.15) is 11.6 Å². The van der Waals surface area contributed by atoms with Crippen molar-refractivity contribution in [1.82, 2.24) is 9.55 Å². The summed E-state index contributed by atoms with van der Waals surface area (Å²) in [4.78, 5) is 4.70. The van der Waals surface area contributed by atoms with Crippen LogP contribution in [0.15, 0.2) is 48.5 Å². The molecule has 0 saturated carbocycles. The minimum absolute atomic E-state index is 0.357. The maximum atomic E-state index is 5.85. The Hall–Kier alpha value is -2.29. The zero-order valence-corrected chi connectivity index (χ0v) is 11.7. The van der Waals surface area contributed by atoms with Gasteiger partial charge in [-0.25, -0.2) is 4.98 Å². The van der Waals surface area contributed by atoms with Gasteiger partial charge in [0.05, 0.1) is 11.0 Å². The van der Waals surface area contributed by atoms with Crippen molar-refractivity contribution in [2.45, 2.75) is 26.5 Å². The van der Waals surface area contributed by atoms with Gasteiger partial charge in [-0.15, -0.1) is 0 Å². The summed E-state index contributed by atoms with van der Waals surface area (Å²) in [5, 5.41) is 0. The molecule has 0 amide bonds. The van der Waals surface area contributed by atoms with Gasteiger partial charge >= 0.3 is 0 Å². The van der Waals surface area contributed by atoms with Gasteiger partial charge in [-0.1, -0.05) is 38.1 Å². The molecule has 1 radical (unpaired) electrons. The minimum Gasteiger partial charge on any atom is -0.473 e. The van der Waals surface area contributed by atoms with Crippen LogP contribution >= 0.6 is 0 Å². The summed E-state index contributed by atoms with van der Waals surface area (Å²) in [5.41, 5.74) is 2.12. The molecular weight excluding hydrogens is 248 g/mol. The van der Waals surface area contributed by atoms with Crippen molar-refractivity contribution in [2.24, 2.45) is 0 Å². The van der Waals surface area contributed by atoms with E-state index in [0.29, 0.717) is 12.6 Å². The smallest absolute Gasteiger partial charge is 0.166 e. The van der Waals surface area contributed by atoms with Crippen molar-refractivity contribution < 1.29 is 4.74 Å². The highest BCUT2D eigenvalue weighted by molar-refractivity contribution is 5.76. The van der Waals surface area contributed by atoms with Crippen LogP contribution in [0.3, 0.4) is 0 Å². The first-order valence-electron chi connectivity index (χ1n) is 6.80. The molecule has 101 valence electrons. The quantitative estimate of drug-likeness (QED) is 0.713. The van der Waals surface area contributed by atoms with E-state index in [1.165, 1.54) is 0 Å². The normalized spacial score (nSPS) is 11.2. The topological polar surface area (TPSA) is 27.1 Å². The lowest BCUT2D eigenvalue weighted by molar-refractivity contribution is 0.235. The second-order valence-electron chi connectivity index (χ2n) is 5.05. The van der Waals surface area contributed by atoms with Crippen LogP contribution in [0.25, 0.3) is 11.0 Å². The van der Waals surface area contributed by atoms with E-state index in [2.05, 4.69) is 30.5 Å². The molecule has 0 unspecified atom stereocenters. The van der Waals surface area contributed by atoms with E-state index in [0.717, 1.165) is 22.6 Å². The summed E-state index contributed by atoms with van der Waals surface area (Å²) in [6, 6.07) is 18.7.